The molecule has 0 fully saturated rings. The van der Waals surface area contributed by atoms with Crippen LogP contribution in [-0.4, -0.2) is 20.4 Å². The lowest BCUT2D eigenvalue weighted by molar-refractivity contribution is 0.102. The van der Waals surface area contributed by atoms with Gasteiger partial charge in [0.1, 0.15) is 0 Å². The van der Waals surface area contributed by atoms with Crippen LogP contribution in [0.4, 0.5) is 5.69 Å². The molecule has 0 atom stereocenters. The van der Waals surface area contributed by atoms with Crippen LogP contribution in [-0.2, 0) is 10.0 Å². The van der Waals surface area contributed by atoms with Gasteiger partial charge in [-0.2, -0.15) is 0 Å². The number of carbonyl (C=O) groups is 1. The van der Waals surface area contributed by atoms with E-state index in [0.29, 0.717) is 11.3 Å². The van der Waals surface area contributed by atoms with Gasteiger partial charge in [-0.1, -0.05) is 36.1 Å². The molecule has 0 bridgehead atoms. The Bertz CT molecular complexity index is 1190. The first kappa shape index (κ1) is 21.3. The molecular weight excluding hydrogens is 396 g/mol. The molecule has 0 spiro atoms. The zero-order valence-corrected chi connectivity index (χ0v) is 17.5. The number of amides is 1. The molecule has 3 aromatic carbocycles. The molecule has 152 valence electrons. The van der Waals surface area contributed by atoms with E-state index >= 15 is 0 Å². The number of benzene rings is 3. The van der Waals surface area contributed by atoms with Crippen LogP contribution in [0.2, 0.25) is 0 Å². The molecule has 0 aromatic heterocycles. The first-order valence-corrected chi connectivity index (χ1v) is 10.9. The fraction of sp³-hybridized carbons (Fsp3) is 0.125. The summed E-state index contributed by atoms with van der Waals surface area (Å²) in [6.07, 6.45) is 0. The first-order chi connectivity index (χ1) is 14.3. The highest BCUT2D eigenvalue weighted by Gasteiger charge is 2.16. The number of sulfonamides is 1. The average Bonchev–Trinajstić information content (AvgIpc) is 2.72. The number of rotatable bonds is 5. The van der Waals surface area contributed by atoms with Gasteiger partial charge in [0.25, 0.3) is 5.91 Å². The fourth-order valence-electron chi connectivity index (χ4n) is 2.71. The molecule has 5 nitrogen and oxygen atoms in total. The Balaban J connectivity index is 1.71. The highest BCUT2D eigenvalue weighted by molar-refractivity contribution is 7.89. The van der Waals surface area contributed by atoms with E-state index in [0.717, 1.165) is 11.1 Å². The maximum Gasteiger partial charge on any atom is 0.255 e. The van der Waals surface area contributed by atoms with Gasteiger partial charge in [0, 0.05) is 28.4 Å². The molecule has 0 saturated carbocycles. The van der Waals surface area contributed by atoms with E-state index in [9.17, 15) is 13.2 Å². The molecule has 6 heteroatoms. The average molecular weight is 419 g/mol. The SMILES string of the molecule is CC(C)NS(=O)(=O)c1ccc(C(=O)Nc2cccc(C#Cc3ccccc3)c2)cc1. The van der Waals surface area contributed by atoms with Crippen LogP contribution in [0.5, 0.6) is 0 Å². The molecule has 30 heavy (non-hydrogen) atoms. The maximum absolute atomic E-state index is 12.5. The largest absolute Gasteiger partial charge is 0.322 e. The summed E-state index contributed by atoms with van der Waals surface area (Å²) in [6.45, 7) is 3.50. The van der Waals surface area contributed by atoms with Crippen molar-refractivity contribution in [1.82, 2.24) is 4.72 Å². The summed E-state index contributed by atoms with van der Waals surface area (Å²) in [7, 11) is -3.59. The Morgan fingerprint density at radius 2 is 1.47 bits per heavy atom. The minimum Gasteiger partial charge on any atom is -0.322 e. The quantitative estimate of drug-likeness (QED) is 0.615. The van der Waals surface area contributed by atoms with Gasteiger partial charge in [0.15, 0.2) is 0 Å². The molecule has 0 aliphatic rings. The number of anilines is 1. The molecule has 0 aliphatic heterocycles. The van der Waals surface area contributed by atoms with E-state index in [-0.39, 0.29) is 16.8 Å². The van der Waals surface area contributed by atoms with Crippen LogP contribution in [0.1, 0.15) is 35.3 Å². The van der Waals surface area contributed by atoms with Crippen LogP contribution in [0.25, 0.3) is 0 Å². The fourth-order valence-corrected chi connectivity index (χ4v) is 3.96. The van der Waals surface area contributed by atoms with Gasteiger partial charge in [-0.25, -0.2) is 13.1 Å². The van der Waals surface area contributed by atoms with Crippen molar-refractivity contribution in [2.75, 3.05) is 5.32 Å². The van der Waals surface area contributed by atoms with Crippen molar-refractivity contribution in [2.45, 2.75) is 24.8 Å². The number of nitrogens with one attached hydrogen (secondary N) is 2. The molecule has 0 aliphatic carbocycles. The Morgan fingerprint density at radius 3 is 2.13 bits per heavy atom. The Morgan fingerprint density at radius 1 is 0.833 bits per heavy atom. The summed E-state index contributed by atoms with van der Waals surface area (Å²) in [5, 5.41) is 2.82. The second-order valence-corrected chi connectivity index (χ2v) is 8.67. The lowest BCUT2D eigenvalue weighted by atomic mass is 10.1. The monoisotopic (exact) mass is 418 g/mol. The lowest BCUT2D eigenvalue weighted by Crippen LogP contribution is -2.30. The molecule has 2 N–H and O–H groups in total. The Labute approximate surface area is 177 Å². The molecule has 0 heterocycles. The van der Waals surface area contributed by atoms with E-state index in [1.807, 2.05) is 42.5 Å². The van der Waals surface area contributed by atoms with Gasteiger partial charge < -0.3 is 5.32 Å². The third-order valence-electron chi connectivity index (χ3n) is 4.06. The molecular formula is C24H22N2O3S. The van der Waals surface area contributed by atoms with Gasteiger partial charge in [-0.3, -0.25) is 4.79 Å². The van der Waals surface area contributed by atoms with Crippen LogP contribution in [0, 0.1) is 11.8 Å². The molecule has 0 unspecified atom stereocenters. The van der Waals surface area contributed by atoms with Crippen LogP contribution in [0.15, 0.2) is 83.8 Å². The summed E-state index contributed by atoms with van der Waals surface area (Å²) in [4.78, 5) is 12.6. The van der Waals surface area contributed by atoms with Crippen molar-refractivity contribution in [3.63, 3.8) is 0 Å². The van der Waals surface area contributed by atoms with Gasteiger partial charge in [-0.15, -0.1) is 0 Å². The highest BCUT2D eigenvalue weighted by Crippen LogP contribution is 2.15. The highest BCUT2D eigenvalue weighted by atomic mass is 32.2. The second kappa shape index (κ2) is 9.40. The molecule has 0 radical (unpaired) electrons. The van der Waals surface area contributed by atoms with Gasteiger partial charge in [-0.05, 0) is 68.4 Å². The lowest BCUT2D eigenvalue weighted by Gasteiger charge is -2.10. The smallest absolute Gasteiger partial charge is 0.255 e. The summed E-state index contributed by atoms with van der Waals surface area (Å²) in [6, 6.07) is 22.5. The normalized spacial score (nSPS) is 10.9. The zero-order valence-electron chi connectivity index (χ0n) is 16.7. The van der Waals surface area contributed by atoms with Crippen molar-refractivity contribution in [1.29, 1.82) is 0 Å². The van der Waals surface area contributed by atoms with Crippen molar-refractivity contribution < 1.29 is 13.2 Å². The minimum atomic E-state index is -3.59. The van der Waals surface area contributed by atoms with E-state index in [1.54, 1.807) is 26.0 Å². The summed E-state index contributed by atoms with van der Waals surface area (Å²) >= 11 is 0. The molecule has 0 saturated heterocycles. The van der Waals surface area contributed by atoms with Crippen molar-refractivity contribution in [2.24, 2.45) is 0 Å². The van der Waals surface area contributed by atoms with Crippen molar-refractivity contribution >= 4 is 21.6 Å². The van der Waals surface area contributed by atoms with E-state index in [4.69, 9.17) is 0 Å². The van der Waals surface area contributed by atoms with Crippen molar-refractivity contribution in [3.8, 4) is 11.8 Å². The maximum atomic E-state index is 12.5. The van der Waals surface area contributed by atoms with E-state index < -0.39 is 10.0 Å². The molecule has 3 rings (SSSR count). The van der Waals surface area contributed by atoms with E-state index in [1.165, 1.54) is 24.3 Å². The van der Waals surface area contributed by atoms with Crippen LogP contribution in [0.3, 0.4) is 0 Å². The number of carbonyl (C=O) groups excluding carboxylic acids is 1. The predicted octanol–water partition coefficient (Wildman–Crippen LogP) is 4.03. The molecule has 1 amide bonds. The molecule has 3 aromatic rings. The summed E-state index contributed by atoms with van der Waals surface area (Å²) in [5.41, 5.74) is 2.66. The minimum absolute atomic E-state index is 0.117. The Hall–Kier alpha value is -3.40. The zero-order chi connectivity index (χ0) is 21.6. The summed E-state index contributed by atoms with van der Waals surface area (Å²) < 4.78 is 26.9. The van der Waals surface area contributed by atoms with Crippen LogP contribution < -0.4 is 10.0 Å². The van der Waals surface area contributed by atoms with Gasteiger partial charge in [0.2, 0.25) is 10.0 Å². The van der Waals surface area contributed by atoms with Crippen molar-refractivity contribution in [3.05, 3.63) is 95.6 Å². The standard InChI is InChI=1S/C24H22N2O3S/c1-18(2)26-30(28,29)23-15-13-21(14-16-23)24(27)25-22-10-6-9-20(17-22)12-11-19-7-4-3-5-8-19/h3-10,13-18,26H,1-2H3,(H,25,27). The Kier molecular flexibility index (Phi) is 6.68. The first-order valence-electron chi connectivity index (χ1n) is 9.44. The van der Waals surface area contributed by atoms with Gasteiger partial charge in [0.05, 0.1) is 4.90 Å². The second-order valence-electron chi connectivity index (χ2n) is 6.95. The predicted molar refractivity (Wildman–Crippen MR) is 119 cm³/mol. The van der Waals surface area contributed by atoms with Crippen LogP contribution >= 0.6 is 0 Å². The number of hydrogen-bond donors (Lipinski definition) is 2. The number of hydrogen-bond acceptors (Lipinski definition) is 3. The third-order valence-corrected chi connectivity index (χ3v) is 5.74. The summed E-state index contributed by atoms with van der Waals surface area (Å²) in [5.74, 6) is 5.83. The topological polar surface area (TPSA) is 75.3 Å². The van der Waals surface area contributed by atoms with E-state index in [2.05, 4.69) is 21.9 Å². The third kappa shape index (κ3) is 5.80. The van der Waals surface area contributed by atoms with Gasteiger partial charge >= 0.3 is 0 Å².